The van der Waals surface area contributed by atoms with Crippen LogP contribution in [0.25, 0.3) is 0 Å². The number of rotatable bonds is 40. The average Bonchev–Trinajstić information content (AvgIpc) is 3.25. The number of esters is 2. The van der Waals surface area contributed by atoms with Crippen molar-refractivity contribution in [3.8, 4) is 0 Å². The van der Waals surface area contributed by atoms with Gasteiger partial charge in [-0.3, -0.25) is 14.2 Å². The van der Waals surface area contributed by atoms with Gasteiger partial charge in [0.15, 0.2) is 6.10 Å². The molecule has 0 radical (unpaired) electrons. The molecule has 0 aromatic carbocycles. The van der Waals surface area contributed by atoms with Gasteiger partial charge in [-0.1, -0.05) is 160 Å². The standard InChI is InChI=1S/C54H84NO8P/c1-6-8-10-12-14-16-18-20-22-24-26-27-29-31-33-35-37-39-41-43-45-47-54(57)63-52(51-62-64(58,59)61-49-48-55(3,4)5)50-60-53(56)46-44-42-40-38-36-34-32-30-28-25-23-21-19-17-15-13-11-9-7-2/h8-11,14-17,20-23,26-28,30-31,33-34,36-37,39-40,42,52H,6-7,12-13,18-19,24-25,29,32,35,38,41,43-51H2,1-5H3/b10-8-,11-9-,16-14-,17-15-,22-20-,23-21-,27-26-,30-28-,33-31-,36-34-,39-37-,42-40-. The highest BCUT2D eigenvalue weighted by Gasteiger charge is 2.21. The number of hydrogen-bond acceptors (Lipinski definition) is 8. The summed E-state index contributed by atoms with van der Waals surface area (Å²) in [5, 5.41) is 0. The van der Waals surface area contributed by atoms with Crippen molar-refractivity contribution in [1.29, 1.82) is 0 Å². The van der Waals surface area contributed by atoms with Crippen molar-refractivity contribution in [3.05, 3.63) is 146 Å². The summed E-state index contributed by atoms with van der Waals surface area (Å²) in [4.78, 5) is 37.6. The number of hydrogen-bond donors (Lipinski definition) is 0. The lowest BCUT2D eigenvalue weighted by Crippen LogP contribution is -2.37. The monoisotopic (exact) mass is 906 g/mol. The third-order valence-electron chi connectivity index (χ3n) is 8.87. The minimum atomic E-state index is -4.67. The molecule has 0 aliphatic rings. The van der Waals surface area contributed by atoms with Gasteiger partial charge in [-0.05, 0) is 103 Å². The fraction of sp³-hybridized carbons (Fsp3) is 0.519. The van der Waals surface area contributed by atoms with Gasteiger partial charge in [0.1, 0.15) is 19.8 Å². The smallest absolute Gasteiger partial charge is 0.306 e. The predicted molar refractivity (Wildman–Crippen MR) is 267 cm³/mol. The maximum Gasteiger partial charge on any atom is 0.306 e. The maximum atomic E-state index is 12.7. The van der Waals surface area contributed by atoms with Gasteiger partial charge in [0, 0.05) is 12.8 Å². The summed E-state index contributed by atoms with van der Waals surface area (Å²) in [6.45, 7) is 3.82. The number of nitrogens with zero attached hydrogens (tertiary/aromatic N) is 1. The topological polar surface area (TPSA) is 111 Å². The second-order valence-corrected chi connectivity index (χ2v) is 17.4. The molecule has 0 aliphatic carbocycles. The molecule has 0 spiro atoms. The maximum absolute atomic E-state index is 12.7. The van der Waals surface area contributed by atoms with Crippen LogP contribution in [0.5, 0.6) is 0 Å². The molecule has 0 heterocycles. The highest BCUT2D eigenvalue weighted by atomic mass is 31.2. The van der Waals surface area contributed by atoms with Crippen molar-refractivity contribution in [2.24, 2.45) is 0 Å². The van der Waals surface area contributed by atoms with Crippen molar-refractivity contribution >= 4 is 19.8 Å². The average molecular weight is 906 g/mol. The van der Waals surface area contributed by atoms with Gasteiger partial charge < -0.3 is 27.9 Å². The van der Waals surface area contributed by atoms with E-state index in [2.05, 4.69) is 148 Å². The van der Waals surface area contributed by atoms with Crippen molar-refractivity contribution in [3.63, 3.8) is 0 Å². The van der Waals surface area contributed by atoms with Gasteiger partial charge in [-0.2, -0.15) is 0 Å². The molecule has 0 saturated heterocycles. The molecule has 0 amide bonds. The van der Waals surface area contributed by atoms with Crippen LogP contribution >= 0.6 is 7.82 Å². The number of carbonyl (C=O) groups excluding carboxylic acids is 2. The third-order valence-corrected chi connectivity index (χ3v) is 9.83. The van der Waals surface area contributed by atoms with E-state index < -0.39 is 32.5 Å². The van der Waals surface area contributed by atoms with Crippen LogP contribution in [-0.4, -0.2) is 70.0 Å². The quantitative estimate of drug-likeness (QED) is 0.0196. The number of allylic oxidation sites excluding steroid dienone is 24. The Kier molecular flexibility index (Phi) is 41.3. The first-order valence-corrected chi connectivity index (χ1v) is 25.0. The molecule has 0 aromatic heterocycles. The summed E-state index contributed by atoms with van der Waals surface area (Å²) in [5.41, 5.74) is 0. The molecule has 0 N–H and O–H groups in total. The van der Waals surface area contributed by atoms with Gasteiger partial charge in [-0.15, -0.1) is 0 Å². The molecule has 0 rings (SSSR count). The summed E-state index contributed by atoms with van der Waals surface area (Å²) in [6.07, 6.45) is 64.7. The molecule has 0 aliphatic heterocycles. The Morgan fingerprint density at radius 1 is 0.484 bits per heavy atom. The van der Waals surface area contributed by atoms with E-state index >= 15 is 0 Å². The van der Waals surface area contributed by atoms with Crippen LogP contribution in [0.3, 0.4) is 0 Å². The Labute approximate surface area is 389 Å². The van der Waals surface area contributed by atoms with Gasteiger partial charge >= 0.3 is 11.9 Å². The SMILES string of the molecule is CC/C=C\C/C=C\C/C=C\C/C=C\C/C=C\C/C=C\CCCCC(=O)OC(COC(=O)CC/C=C\C/C=C\C/C=C\C/C=C\C/C=C\C/C=C\CC)COP(=O)([O-])OCC[N+](C)(C)C. The zero-order valence-corrected chi connectivity index (χ0v) is 41.0. The number of unbranched alkanes of at least 4 members (excludes halogenated alkanes) is 2. The summed E-state index contributed by atoms with van der Waals surface area (Å²) < 4.78 is 33.8. The van der Waals surface area contributed by atoms with Crippen molar-refractivity contribution in [2.45, 2.75) is 136 Å². The van der Waals surface area contributed by atoms with Crippen molar-refractivity contribution in [1.82, 2.24) is 0 Å². The van der Waals surface area contributed by atoms with Crippen molar-refractivity contribution in [2.75, 3.05) is 47.5 Å². The Morgan fingerprint density at radius 3 is 1.25 bits per heavy atom. The van der Waals surface area contributed by atoms with Crippen LogP contribution in [0.15, 0.2) is 146 Å². The molecule has 0 aromatic rings. The minimum absolute atomic E-state index is 0.0604. The molecule has 10 heteroatoms. The van der Waals surface area contributed by atoms with Gasteiger partial charge in [0.25, 0.3) is 7.82 Å². The van der Waals surface area contributed by atoms with Crippen molar-refractivity contribution < 1.29 is 42.1 Å². The number of carbonyl (C=O) groups is 2. The van der Waals surface area contributed by atoms with E-state index in [1.54, 1.807) is 0 Å². The summed E-state index contributed by atoms with van der Waals surface area (Å²) >= 11 is 0. The first-order valence-electron chi connectivity index (χ1n) is 23.5. The second-order valence-electron chi connectivity index (χ2n) is 16.0. The Morgan fingerprint density at radius 2 is 0.859 bits per heavy atom. The molecular weight excluding hydrogens is 822 g/mol. The Bertz CT molecular complexity index is 1590. The number of likely N-dealkylation sites (N-methyl/N-ethyl adjacent to an activating group) is 1. The fourth-order valence-corrected chi connectivity index (χ4v) is 6.00. The van der Waals surface area contributed by atoms with Crippen LogP contribution in [0, 0.1) is 0 Å². The zero-order valence-electron chi connectivity index (χ0n) is 40.2. The van der Waals surface area contributed by atoms with E-state index in [0.717, 1.165) is 89.9 Å². The van der Waals surface area contributed by atoms with Gasteiger partial charge in [0.2, 0.25) is 0 Å². The van der Waals surface area contributed by atoms with E-state index in [-0.39, 0.29) is 26.1 Å². The lowest BCUT2D eigenvalue weighted by atomic mass is 10.2. The summed E-state index contributed by atoms with van der Waals surface area (Å²) in [5.74, 6) is -1.00. The summed E-state index contributed by atoms with van der Waals surface area (Å²) in [7, 11) is 1.07. The lowest BCUT2D eigenvalue weighted by molar-refractivity contribution is -0.870. The zero-order chi connectivity index (χ0) is 47.1. The van der Waals surface area contributed by atoms with Crippen LogP contribution < -0.4 is 4.89 Å². The minimum Gasteiger partial charge on any atom is -0.756 e. The van der Waals surface area contributed by atoms with Gasteiger partial charge in [-0.25, -0.2) is 0 Å². The molecule has 0 bridgehead atoms. The molecule has 9 nitrogen and oxygen atoms in total. The highest BCUT2D eigenvalue weighted by molar-refractivity contribution is 7.45. The number of quaternary nitrogens is 1. The molecule has 0 saturated carbocycles. The number of phosphoric ester groups is 1. The van der Waals surface area contributed by atoms with Crippen LogP contribution in [0.2, 0.25) is 0 Å². The first kappa shape index (κ1) is 59.9. The van der Waals surface area contributed by atoms with Crippen LogP contribution in [0.1, 0.15) is 129 Å². The molecule has 0 fully saturated rings. The Hall–Kier alpha value is -4.11. The normalized spacial score (nSPS) is 14.8. The first-order chi connectivity index (χ1) is 31.0. The van der Waals surface area contributed by atoms with Crippen LogP contribution in [-0.2, 0) is 32.7 Å². The molecular formula is C54H84NO8P. The molecule has 2 atom stereocenters. The highest BCUT2D eigenvalue weighted by Crippen LogP contribution is 2.38. The largest absolute Gasteiger partial charge is 0.756 e. The molecule has 64 heavy (non-hydrogen) atoms. The van der Waals surface area contributed by atoms with E-state index in [1.807, 2.05) is 33.3 Å². The summed E-state index contributed by atoms with van der Waals surface area (Å²) in [6, 6.07) is 0. The molecule has 2 unspecified atom stereocenters. The fourth-order valence-electron chi connectivity index (χ4n) is 5.27. The van der Waals surface area contributed by atoms with E-state index in [9.17, 15) is 19.0 Å². The molecule has 358 valence electrons. The predicted octanol–water partition coefficient (Wildman–Crippen LogP) is 13.4. The van der Waals surface area contributed by atoms with E-state index in [0.29, 0.717) is 23.9 Å². The number of ether oxygens (including phenoxy) is 2. The van der Waals surface area contributed by atoms with E-state index in [1.165, 1.54) is 0 Å². The van der Waals surface area contributed by atoms with Gasteiger partial charge in [0.05, 0.1) is 27.7 Å². The van der Waals surface area contributed by atoms with Crippen LogP contribution in [0.4, 0.5) is 0 Å². The second kappa shape index (κ2) is 44.1. The third kappa shape index (κ3) is 47.4. The number of phosphoric acid groups is 1. The van der Waals surface area contributed by atoms with E-state index in [4.69, 9.17) is 18.5 Å². The Balaban J connectivity index is 4.56. The lowest BCUT2D eigenvalue weighted by Gasteiger charge is -2.28.